The van der Waals surface area contributed by atoms with Crippen molar-refractivity contribution < 1.29 is 0 Å². The summed E-state index contributed by atoms with van der Waals surface area (Å²) in [6, 6.07) is 18.7. The summed E-state index contributed by atoms with van der Waals surface area (Å²) in [6.07, 6.45) is 6.45. The van der Waals surface area contributed by atoms with E-state index >= 15 is 0 Å². The molecule has 0 spiro atoms. The lowest BCUT2D eigenvalue weighted by Gasteiger charge is -2.45. The van der Waals surface area contributed by atoms with Gasteiger partial charge in [0.05, 0.1) is 11.4 Å². The van der Waals surface area contributed by atoms with E-state index in [2.05, 4.69) is 89.0 Å². The van der Waals surface area contributed by atoms with Crippen LogP contribution in [-0.2, 0) is 6.42 Å². The zero-order valence-corrected chi connectivity index (χ0v) is 20.7. The van der Waals surface area contributed by atoms with Crippen LogP contribution in [0.5, 0.6) is 0 Å². The Morgan fingerprint density at radius 3 is 2.34 bits per heavy atom. The second-order valence-corrected chi connectivity index (χ2v) is 10.4. The fourth-order valence-corrected chi connectivity index (χ4v) is 6.35. The average Bonchev–Trinajstić information content (AvgIpc) is 3.00. The average molecular weight is 452 g/mol. The highest BCUT2D eigenvalue weighted by Gasteiger charge is 2.42. The predicted molar refractivity (Wildman–Crippen MR) is 137 cm³/mol. The molecule has 2 unspecified atom stereocenters. The molecule has 0 saturated carbocycles. The van der Waals surface area contributed by atoms with Crippen molar-refractivity contribution >= 4 is 29.9 Å². The minimum Gasteiger partial charge on any atom is -0.336 e. The van der Waals surface area contributed by atoms with Gasteiger partial charge in [0, 0.05) is 40.7 Å². The molecule has 0 radical (unpaired) electrons. The summed E-state index contributed by atoms with van der Waals surface area (Å²) in [6.45, 7) is 9.48. The van der Waals surface area contributed by atoms with Crippen LogP contribution in [0.2, 0.25) is 0 Å². The largest absolute Gasteiger partial charge is 0.336 e. The van der Waals surface area contributed by atoms with E-state index in [-0.39, 0.29) is 0 Å². The molecule has 0 aromatic heterocycles. The van der Waals surface area contributed by atoms with Crippen LogP contribution in [0, 0.1) is 0 Å². The molecule has 172 valence electrons. The molecule has 2 aromatic rings. The molecule has 2 N–H and O–H groups in total. The van der Waals surface area contributed by atoms with Gasteiger partial charge in [-0.25, -0.2) is 11.0 Å². The van der Waals surface area contributed by atoms with Crippen LogP contribution in [0.25, 0.3) is 0 Å². The van der Waals surface area contributed by atoms with Crippen LogP contribution in [0.1, 0.15) is 52.0 Å². The van der Waals surface area contributed by atoms with Crippen molar-refractivity contribution in [3.05, 3.63) is 48.0 Å². The second kappa shape index (κ2) is 10.3. The third-order valence-corrected chi connectivity index (χ3v) is 8.02. The van der Waals surface area contributed by atoms with Crippen molar-refractivity contribution in [1.29, 1.82) is 0 Å². The number of benzene rings is 2. The number of anilines is 2. The summed E-state index contributed by atoms with van der Waals surface area (Å²) < 4.78 is 0. The summed E-state index contributed by atoms with van der Waals surface area (Å²) in [4.78, 5) is 8.17. The molecular weight excluding hydrogens is 414 g/mol. The van der Waals surface area contributed by atoms with Crippen molar-refractivity contribution in [1.82, 2.24) is 15.9 Å². The number of rotatable bonds is 5. The Kier molecular flexibility index (Phi) is 7.44. The van der Waals surface area contributed by atoms with E-state index in [0.29, 0.717) is 12.1 Å². The van der Waals surface area contributed by atoms with Gasteiger partial charge in [-0.2, -0.15) is 5.10 Å². The van der Waals surface area contributed by atoms with Gasteiger partial charge in [0.15, 0.2) is 0 Å². The second-order valence-electron chi connectivity index (χ2n) is 9.34. The first kappa shape index (κ1) is 23.1. The van der Waals surface area contributed by atoms with E-state index in [4.69, 9.17) is 0 Å². The lowest BCUT2D eigenvalue weighted by atomic mass is 9.95. The lowest BCUT2D eigenvalue weighted by molar-refractivity contribution is 0.162. The van der Waals surface area contributed by atoms with Gasteiger partial charge >= 0.3 is 0 Å². The highest BCUT2D eigenvalue weighted by molar-refractivity contribution is 7.99. The molecule has 0 amide bonds. The predicted octanol–water partition coefficient (Wildman–Crippen LogP) is 5.58. The minimum atomic E-state index is 0.408. The van der Waals surface area contributed by atoms with E-state index in [9.17, 15) is 0 Å². The number of hydrazine groups is 1. The van der Waals surface area contributed by atoms with Crippen LogP contribution in [-0.4, -0.2) is 42.8 Å². The van der Waals surface area contributed by atoms with E-state index in [0.717, 1.165) is 18.5 Å². The van der Waals surface area contributed by atoms with Crippen LogP contribution in [0.4, 0.5) is 11.4 Å². The summed E-state index contributed by atoms with van der Waals surface area (Å²) in [5.74, 6) is 0. The summed E-state index contributed by atoms with van der Waals surface area (Å²) >= 11 is 1.95. The SMILES string of the molecule is C=NNNC(C)C.CCc1ccc2c(c1)Sc1ccccc1N2C1CC2CCC(C1)N2C. The molecule has 3 aliphatic heterocycles. The van der Waals surface area contributed by atoms with Crippen molar-refractivity contribution in [2.75, 3.05) is 11.9 Å². The smallest absolute Gasteiger partial charge is 0.0555 e. The number of para-hydroxylation sites is 1. The summed E-state index contributed by atoms with van der Waals surface area (Å²) in [5.41, 5.74) is 9.61. The molecule has 0 aliphatic carbocycles. The Morgan fingerprint density at radius 1 is 1.03 bits per heavy atom. The first-order valence-electron chi connectivity index (χ1n) is 11.9. The molecule has 5 nitrogen and oxygen atoms in total. The van der Waals surface area contributed by atoms with Crippen LogP contribution >= 0.6 is 11.8 Å². The number of nitrogens with zero attached hydrogens (tertiary/aromatic N) is 3. The Bertz CT molecular complexity index is 916. The van der Waals surface area contributed by atoms with Gasteiger partial charge in [-0.05, 0) is 82.8 Å². The van der Waals surface area contributed by atoms with Gasteiger partial charge in [0.25, 0.3) is 0 Å². The number of hydrogen-bond acceptors (Lipinski definition) is 6. The van der Waals surface area contributed by atoms with E-state index in [1.807, 2.05) is 25.6 Å². The molecule has 2 fully saturated rings. The van der Waals surface area contributed by atoms with Gasteiger partial charge in [-0.15, -0.1) is 0 Å². The molecule has 2 aromatic carbocycles. The summed E-state index contributed by atoms with van der Waals surface area (Å²) in [5, 5.41) is 3.36. The first-order chi connectivity index (χ1) is 15.5. The standard InChI is InChI=1S/C22H26N2S.C4H11N3/c1-3-15-8-11-20-22(12-15)25-21-7-5-4-6-19(21)24(20)18-13-16-9-10-17(14-18)23(16)2;1-4(2)6-7-5-3/h4-8,11-12,16-18H,3,9-10,13-14H2,1-2H3;4,6-7H,3H2,1-2H3. The highest BCUT2D eigenvalue weighted by atomic mass is 32.2. The number of nitrogens with one attached hydrogen (secondary N) is 2. The van der Waals surface area contributed by atoms with Gasteiger partial charge in [0.2, 0.25) is 0 Å². The third kappa shape index (κ3) is 4.82. The van der Waals surface area contributed by atoms with Gasteiger partial charge in [0.1, 0.15) is 0 Å². The monoisotopic (exact) mass is 451 g/mol. The zero-order chi connectivity index (χ0) is 22.7. The van der Waals surface area contributed by atoms with Crippen LogP contribution in [0.15, 0.2) is 57.4 Å². The van der Waals surface area contributed by atoms with E-state index in [1.165, 1.54) is 52.4 Å². The van der Waals surface area contributed by atoms with Crippen LogP contribution < -0.4 is 15.9 Å². The molecule has 2 atom stereocenters. The van der Waals surface area contributed by atoms with Gasteiger partial charge in [-0.1, -0.05) is 36.9 Å². The highest BCUT2D eigenvalue weighted by Crippen LogP contribution is 2.51. The Balaban J connectivity index is 0.000000307. The maximum absolute atomic E-state index is 3.36. The Hall–Kier alpha value is -2.02. The number of hydrogen-bond donors (Lipinski definition) is 2. The third-order valence-electron chi connectivity index (χ3n) is 6.91. The number of aryl methyl sites for hydroxylation is 1. The number of hydrazone groups is 1. The van der Waals surface area contributed by atoms with Crippen molar-refractivity contribution in [3.8, 4) is 0 Å². The molecule has 5 rings (SSSR count). The molecule has 32 heavy (non-hydrogen) atoms. The Labute approximate surface area is 197 Å². The minimum absolute atomic E-state index is 0.408. The topological polar surface area (TPSA) is 42.9 Å². The zero-order valence-electron chi connectivity index (χ0n) is 19.8. The Morgan fingerprint density at radius 2 is 1.72 bits per heavy atom. The van der Waals surface area contributed by atoms with Crippen LogP contribution in [0.3, 0.4) is 0 Å². The maximum atomic E-state index is 3.36. The van der Waals surface area contributed by atoms with Crippen molar-refractivity contribution in [3.63, 3.8) is 0 Å². The first-order valence-corrected chi connectivity index (χ1v) is 12.7. The van der Waals surface area contributed by atoms with Gasteiger partial charge < -0.3 is 9.80 Å². The quantitative estimate of drug-likeness (QED) is 0.459. The molecule has 3 heterocycles. The molecular formula is C26H37N5S. The van der Waals surface area contributed by atoms with E-state index < -0.39 is 0 Å². The number of fused-ring (bicyclic) bond motifs is 4. The molecule has 2 bridgehead atoms. The molecule has 3 aliphatic rings. The lowest BCUT2D eigenvalue weighted by Crippen LogP contribution is -2.48. The normalized spacial score (nSPS) is 23.8. The van der Waals surface area contributed by atoms with Crippen molar-refractivity contribution in [2.24, 2.45) is 5.10 Å². The summed E-state index contributed by atoms with van der Waals surface area (Å²) in [7, 11) is 2.33. The van der Waals surface area contributed by atoms with Crippen molar-refractivity contribution in [2.45, 2.75) is 86.8 Å². The molecule has 6 heteroatoms. The maximum Gasteiger partial charge on any atom is 0.0555 e. The molecule has 2 saturated heterocycles. The van der Waals surface area contributed by atoms with E-state index in [1.54, 1.807) is 0 Å². The fraction of sp³-hybridized carbons (Fsp3) is 0.500. The number of piperidine rings is 1. The van der Waals surface area contributed by atoms with Gasteiger partial charge in [-0.3, -0.25) is 0 Å². The fourth-order valence-electron chi connectivity index (χ4n) is 5.21.